The Bertz CT molecular complexity index is 830. The van der Waals surface area contributed by atoms with Crippen molar-refractivity contribution in [2.45, 2.75) is 152 Å². The van der Waals surface area contributed by atoms with Gasteiger partial charge in [-0.25, -0.2) is 0 Å². The summed E-state index contributed by atoms with van der Waals surface area (Å²) in [6.07, 6.45) is 12.2. The highest BCUT2D eigenvalue weighted by Gasteiger charge is 2.27. The van der Waals surface area contributed by atoms with Gasteiger partial charge in [-0.3, -0.25) is 4.79 Å². The molecule has 7 heteroatoms. The zero-order valence-electron chi connectivity index (χ0n) is 24.9. The van der Waals surface area contributed by atoms with Crippen LogP contribution in [-0.4, -0.2) is 73.0 Å². The van der Waals surface area contributed by atoms with E-state index >= 15 is 0 Å². The monoisotopic (exact) mass is 576 g/mol. The van der Waals surface area contributed by atoms with Gasteiger partial charge in [-0.1, -0.05) is 94.2 Å². The van der Waals surface area contributed by atoms with Gasteiger partial charge in [0.05, 0.1) is 36.6 Å². The van der Waals surface area contributed by atoms with Crippen molar-refractivity contribution in [3.05, 3.63) is 48.0 Å². The molecule has 1 aromatic rings. The highest BCUT2D eigenvalue weighted by molar-refractivity contribution is 5.90. The third-order valence-corrected chi connectivity index (χ3v) is 8.27. The van der Waals surface area contributed by atoms with Gasteiger partial charge < -0.3 is 30.6 Å². The van der Waals surface area contributed by atoms with Crippen LogP contribution in [0.15, 0.2) is 42.5 Å². The molecule has 0 aliphatic heterocycles. The molecule has 234 valence electrons. The molecule has 0 unspecified atom stereocenters. The van der Waals surface area contributed by atoms with Crippen molar-refractivity contribution >= 4 is 5.78 Å². The predicted octanol–water partition coefficient (Wildman–Crippen LogP) is 4.78. The maximum absolute atomic E-state index is 11.5. The van der Waals surface area contributed by atoms with Crippen molar-refractivity contribution in [1.29, 1.82) is 0 Å². The van der Waals surface area contributed by atoms with E-state index < -0.39 is 36.6 Å². The Labute approximate surface area is 247 Å². The van der Waals surface area contributed by atoms with Crippen LogP contribution in [0, 0.1) is 5.92 Å². The average molecular weight is 577 g/mol. The lowest BCUT2D eigenvalue weighted by atomic mass is 9.85. The summed E-state index contributed by atoms with van der Waals surface area (Å²) in [6, 6.07) is 10.7. The van der Waals surface area contributed by atoms with Gasteiger partial charge >= 0.3 is 0 Å². The molecule has 41 heavy (non-hydrogen) atoms. The molecule has 7 nitrogen and oxygen atoms in total. The minimum atomic E-state index is -0.969. The molecule has 0 heterocycles. The first-order chi connectivity index (χ1) is 19.7. The molecule has 0 fully saturated rings. The number of benzene rings is 1. The Balaban J connectivity index is 1.41. The molecule has 0 amide bonds. The number of hydrogen-bond acceptors (Lipinski definition) is 7. The van der Waals surface area contributed by atoms with Crippen molar-refractivity contribution in [3.63, 3.8) is 0 Å². The maximum Gasteiger partial charge on any atom is 0.155 e. The third kappa shape index (κ3) is 17.2. The molecular formula is C34H56O7. The zero-order chi connectivity index (χ0) is 29.9. The lowest BCUT2D eigenvalue weighted by molar-refractivity contribution is -0.117. The molecular weight excluding hydrogens is 520 g/mol. The number of hydrogen-bond donors (Lipinski definition) is 6. The first kappa shape index (κ1) is 35.6. The number of carbonyl (C=O) groups is 1. The van der Waals surface area contributed by atoms with Crippen LogP contribution in [0.5, 0.6) is 0 Å². The van der Waals surface area contributed by atoms with Crippen molar-refractivity contribution in [3.8, 4) is 0 Å². The number of aliphatic hydroxyl groups is 6. The molecule has 0 radical (unpaired) electrons. The maximum atomic E-state index is 11.5. The van der Waals surface area contributed by atoms with E-state index in [9.17, 15) is 35.4 Å². The third-order valence-electron chi connectivity index (χ3n) is 8.27. The fourth-order valence-corrected chi connectivity index (χ4v) is 5.91. The number of unbranched alkanes of at least 4 members (excludes halogenated alkanes) is 9. The lowest BCUT2D eigenvalue weighted by Crippen LogP contribution is -2.31. The summed E-state index contributed by atoms with van der Waals surface area (Å²) in [5, 5.41) is 61.3. The smallest absolute Gasteiger partial charge is 0.155 e. The second kappa shape index (κ2) is 21.1. The topological polar surface area (TPSA) is 138 Å². The van der Waals surface area contributed by atoms with Crippen LogP contribution < -0.4 is 0 Å². The van der Waals surface area contributed by atoms with Crippen LogP contribution in [0.3, 0.4) is 0 Å². The van der Waals surface area contributed by atoms with Gasteiger partial charge in [0, 0.05) is 6.42 Å². The van der Waals surface area contributed by atoms with E-state index in [-0.39, 0.29) is 50.2 Å². The number of allylic oxidation sites excluding steroid dienone is 1. The van der Waals surface area contributed by atoms with Gasteiger partial charge in [-0.05, 0) is 68.9 Å². The second-order valence-electron chi connectivity index (χ2n) is 12.3. The van der Waals surface area contributed by atoms with Crippen molar-refractivity contribution in [2.75, 3.05) is 0 Å². The summed E-state index contributed by atoms with van der Waals surface area (Å²) in [5.74, 6) is -0.472. The summed E-state index contributed by atoms with van der Waals surface area (Å²) in [7, 11) is 0. The Hall–Kier alpha value is -1.61. The van der Waals surface area contributed by atoms with E-state index in [0.717, 1.165) is 12.8 Å². The highest BCUT2D eigenvalue weighted by atomic mass is 16.3. The van der Waals surface area contributed by atoms with Crippen LogP contribution in [-0.2, 0) is 11.2 Å². The molecule has 7 atom stereocenters. The highest BCUT2D eigenvalue weighted by Crippen LogP contribution is 2.24. The standard InChI is InChI=1S/C34H56O7/c35-28(17-13-8-6-4-2-1-3-5-7-10-14-26-15-11-9-12-16-26)22-31(38)24-33(40)25-32(39)23-30(37)21-27-20-29(36)18-19-34(27)41/h9,11-12,15-16,18-19,27-28,30-35,37-41H,1-8,10,13-14,17,20-25H2/t27-,28-,30-,31+,32-,33+,34+/m1/s1. The minimum absolute atomic E-state index is 0.00392. The normalized spacial score (nSPS) is 21.0. The number of carbonyl (C=O) groups excluding carboxylic acids is 1. The van der Waals surface area contributed by atoms with Crippen molar-refractivity contribution < 1.29 is 35.4 Å². The van der Waals surface area contributed by atoms with E-state index in [2.05, 4.69) is 30.3 Å². The van der Waals surface area contributed by atoms with Gasteiger partial charge in [-0.15, -0.1) is 0 Å². The molecule has 1 aliphatic carbocycles. The molecule has 1 aromatic carbocycles. The fourth-order valence-electron chi connectivity index (χ4n) is 5.91. The number of aliphatic hydroxyl groups excluding tert-OH is 6. The van der Waals surface area contributed by atoms with Gasteiger partial charge in [0.15, 0.2) is 5.78 Å². The largest absolute Gasteiger partial charge is 0.393 e. The molecule has 0 aromatic heterocycles. The molecule has 0 saturated heterocycles. The van der Waals surface area contributed by atoms with Gasteiger partial charge in [-0.2, -0.15) is 0 Å². The van der Waals surface area contributed by atoms with Gasteiger partial charge in [0.1, 0.15) is 0 Å². The van der Waals surface area contributed by atoms with Gasteiger partial charge in [0.2, 0.25) is 0 Å². The molecule has 0 spiro atoms. The fraction of sp³-hybridized carbons (Fsp3) is 0.735. The van der Waals surface area contributed by atoms with Gasteiger partial charge in [0.25, 0.3) is 0 Å². The van der Waals surface area contributed by atoms with Crippen LogP contribution in [0.2, 0.25) is 0 Å². The summed E-state index contributed by atoms with van der Waals surface area (Å²) >= 11 is 0. The van der Waals surface area contributed by atoms with Crippen molar-refractivity contribution in [1.82, 2.24) is 0 Å². The summed E-state index contributed by atoms with van der Waals surface area (Å²) in [4.78, 5) is 11.5. The molecule has 0 saturated carbocycles. The van der Waals surface area contributed by atoms with Crippen LogP contribution in [0.25, 0.3) is 0 Å². The Morgan fingerprint density at radius 2 is 1.12 bits per heavy atom. The Morgan fingerprint density at radius 3 is 1.71 bits per heavy atom. The first-order valence-electron chi connectivity index (χ1n) is 16.1. The Morgan fingerprint density at radius 1 is 0.634 bits per heavy atom. The van der Waals surface area contributed by atoms with Crippen LogP contribution in [0.4, 0.5) is 0 Å². The second-order valence-corrected chi connectivity index (χ2v) is 12.3. The molecule has 6 N–H and O–H groups in total. The summed E-state index contributed by atoms with van der Waals surface area (Å²) < 4.78 is 0. The van der Waals surface area contributed by atoms with E-state index in [1.54, 1.807) is 0 Å². The lowest BCUT2D eigenvalue weighted by Gasteiger charge is -2.26. The molecule has 1 aliphatic rings. The Kier molecular flexibility index (Phi) is 18.3. The van der Waals surface area contributed by atoms with E-state index in [1.165, 1.54) is 75.5 Å². The van der Waals surface area contributed by atoms with E-state index in [4.69, 9.17) is 0 Å². The first-order valence-corrected chi connectivity index (χ1v) is 16.1. The van der Waals surface area contributed by atoms with Crippen molar-refractivity contribution in [2.24, 2.45) is 5.92 Å². The van der Waals surface area contributed by atoms with Crippen LogP contribution >= 0.6 is 0 Å². The number of aryl methyl sites for hydroxylation is 1. The average Bonchev–Trinajstić information content (AvgIpc) is 2.91. The zero-order valence-corrected chi connectivity index (χ0v) is 24.9. The predicted molar refractivity (Wildman–Crippen MR) is 162 cm³/mol. The quantitative estimate of drug-likeness (QED) is 0.103. The SMILES string of the molecule is O=C1C=C[C@H](O)[C@@H](C[C@@H](O)C[C@@H](O)C[C@@H](O)C[C@@H](O)C[C@H](O)CCCCCCCCCCCCc2ccccc2)C1. The molecule has 0 bridgehead atoms. The molecule has 2 rings (SSSR count). The number of rotatable bonds is 23. The minimum Gasteiger partial charge on any atom is -0.393 e. The van der Waals surface area contributed by atoms with Crippen LogP contribution in [0.1, 0.15) is 115 Å². The summed E-state index contributed by atoms with van der Waals surface area (Å²) in [6.45, 7) is 0. The summed E-state index contributed by atoms with van der Waals surface area (Å²) in [5.41, 5.74) is 1.43. The number of ketones is 1. The van der Waals surface area contributed by atoms with E-state index in [1.807, 2.05) is 0 Å². The van der Waals surface area contributed by atoms with E-state index in [0.29, 0.717) is 6.42 Å².